The van der Waals surface area contributed by atoms with Gasteiger partial charge in [0.25, 0.3) is 5.91 Å². The van der Waals surface area contributed by atoms with E-state index in [1.54, 1.807) is 6.92 Å². The fourth-order valence-corrected chi connectivity index (χ4v) is 6.08. The summed E-state index contributed by atoms with van der Waals surface area (Å²) in [5, 5.41) is 15.7. The molecule has 0 bridgehead atoms. The Labute approximate surface area is 182 Å². The largest absolute Gasteiger partial charge is 0.481 e. The van der Waals surface area contributed by atoms with Crippen molar-refractivity contribution in [3.8, 4) is 0 Å². The van der Waals surface area contributed by atoms with Gasteiger partial charge in [0.2, 0.25) is 5.91 Å². The lowest BCUT2D eigenvalue weighted by Gasteiger charge is -2.24. The zero-order valence-corrected chi connectivity index (χ0v) is 18.9. The van der Waals surface area contributed by atoms with Crippen LogP contribution in [0.1, 0.15) is 92.4 Å². The molecule has 1 saturated carbocycles. The molecule has 3 N–H and O–H groups in total. The summed E-state index contributed by atoms with van der Waals surface area (Å²) in [4.78, 5) is 37.9. The number of carbonyl (C=O) groups excluding carboxylic acids is 2. The smallest absolute Gasteiger partial charge is 0.303 e. The number of anilines is 1. The number of nitrogens with one attached hydrogen (secondary N) is 2. The average molecular weight is 435 g/mol. The fraction of sp³-hybridized carbons (Fsp3) is 0.696. The van der Waals surface area contributed by atoms with Gasteiger partial charge in [0.15, 0.2) is 0 Å². The summed E-state index contributed by atoms with van der Waals surface area (Å²) in [6, 6.07) is 0.216. The van der Waals surface area contributed by atoms with E-state index in [1.807, 2.05) is 0 Å². The van der Waals surface area contributed by atoms with Crippen molar-refractivity contribution in [2.75, 3.05) is 5.32 Å². The monoisotopic (exact) mass is 434 g/mol. The first-order chi connectivity index (χ1) is 14.4. The molecule has 0 saturated heterocycles. The molecule has 166 valence electrons. The van der Waals surface area contributed by atoms with E-state index in [0.29, 0.717) is 16.5 Å². The van der Waals surface area contributed by atoms with Gasteiger partial charge < -0.3 is 15.7 Å². The number of fused-ring (bicyclic) bond motifs is 1. The maximum absolute atomic E-state index is 13.2. The molecule has 0 radical (unpaired) electrons. The van der Waals surface area contributed by atoms with Crippen molar-refractivity contribution < 1.29 is 19.5 Å². The van der Waals surface area contributed by atoms with E-state index in [0.717, 1.165) is 56.9 Å². The number of rotatable bonds is 8. The summed E-state index contributed by atoms with van der Waals surface area (Å²) in [5.74, 6) is -0.810. The van der Waals surface area contributed by atoms with Crippen LogP contribution in [0.2, 0.25) is 0 Å². The first-order valence-corrected chi connectivity index (χ1v) is 12.2. The average Bonchev–Trinajstić information content (AvgIpc) is 3.04. The number of carboxylic acid groups (broad SMARTS) is 1. The lowest BCUT2D eigenvalue weighted by Crippen LogP contribution is -2.37. The highest BCUT2D eigenvalue weighted by Gasteiger charge is 2.30. The molecule has 0 spiro atoms. The van der Waals surface area contributed by atoms with Crippen molar-refractivity contribution >= 4 is 34.1 Å². The first kappa shape index (κ1) is 22.8. The van der Waals surface area contributed by atoms with Gasteiger partial charge in [-0.25, -0.2) is 0 Å². The Balaban J connectivity index is 1.78. The van der Waals surface area contributed by atoms with Gasteiger partial charge in [-0.1, -0.05) is 39.5 Å². The molecule has 0 aliphatic heterocycles. The third-order valence-electron chi connectivity index (χ3n) is 6.42. The second-order valence-corrected chi connectivity index (χ2v) is 10.1. The second-order valence-electron chi connectivity index (χ2n) is 8.99. The number of hydrogen-bond acceptors (Lipinski definition) is 4. The van der Waals surface area contributed by atoms with E-state index in [-0.39, 0.29) is 36.6 Å². The minimum atomic E-state index is -0.903. The van der Waals surface area contributed by atoms with Crippen LogP contribution in [-0.4, -0.2) is 28.9 Å². The molecule has 1 fully saturated rings. The highest BCUT2D eigenvalue weighted by atomic mass is 32.1. The van der Waals surface area contributed by atoms with Crippen LogP contribution in [0, 0.1) is 11.8 Å². The summed E-state index contributed by atoms with van der Waals surface area (Å²) in [5.41, 5.74) is 1.75. The van der Waals surface area contributed by atoms with E-state index in [4.69, 9.17) is 5.11 Å². The summed E-state index contributed by atoms with van der Waals surface area (Å²) in [7, 11) is 0. The molecule has 1 heterocycles. The Morgan fingerprint density at radius 3 is 2.53 bits per heavy atom. The molecule has 2 amide bonds. The second kappa shape index (κ2) is 10.4. The van der Waals surface area contributed by atoms with E-state index < -0.39 is 5.97 Å². The number of amides is 2. The van der Waals surface area contributed by atoms with Crippen LogP contribution in [0.3, 0.4) is 0 Å². The third-order valence-corrected chi connectivity index (χ3v) is 7.59. The Morgan fingerprint density at radius 1 is 1.13 bits per heavy atom. The number of thiophene rings is 1. The molecule has 2 aliphatic rings. The SMILES string of the molecule is CCC1CCc2c(sc(NC(=O)CC(C)CC(=O)O)c2C(=O)NC2CCCCC2)C1. The van der Waals surface area contributed by atoms with Crippen molar-refractivity contribution in [2.45, 2.75) is 90.5 Å². The molecule has 2 unspecified atom stereocenters. The topological polar surface area (TPSA) is 95.5 Å². The maximum atomic E-state index is 13.2. The Bertz CT molecular complexity index is 782. The van der Waals surface area contributed by atoms with Gasteiger partial charge >= 0.3 is 5.97 Å². The lowest BCUT2D eigenvalue weighted by molar-refractivity contribution is -0.138. The lowest BCUT2D eigenvalue weighted by atomic mass is 9.85. The quantitative estimate of drug-likeness (QED) is 0.549. The van der Waals surface area contributed by atoms with Crippen LogP contribution < -0.4 is 10.6 Å². The van der Waals surface area contributed by atoms with Crippen molar-refractivity contribution in [1.29, 1.82) is 0 Å². The number of hydrogen-bond donors (Lipinski definition) is 3. The van der Waals surface area contributed by atoms with E-state index in [9.17, 15) is 14.4 Å². The van der Waals surface area contributed by atoms with Gasteiger partial charge in [-0.2, -0.15) is 0 Å². The molecular formula is C23H34N2O4S. The van der Waals surface area contributed by atoms with Crippen molar-refractivity contribution in [2.24, 2.45) is 11.8 Å². The third kappa shape index (κ3) is 5.84. The number of carboxylic acids is 1. The van der Waals surface area contributed by atoms with Gasteiger partial charge in [-0.05, 0) is 49.5 Å². The van der Waals surface area contributed by atoms with E-state index in [2.05, 4.69) is 17.6 Å². The minimum Gasteiger partial charge on any atom is -0.481 e. The van der Waals surface area contributed by atoms with Crippen LogP contribution in [0.25, 0.3) is 0 Å². The van der Waals surface area contributed by atoms with Gasteiger partial charge in [0.1, 0.15) is 5.00 Å². The van der Waals surface area contributed by atoms with Crippen LogP contribution in [0.4, 0.5) is 5.00 Å². The highest BCUT2D eigenvalue weighted by molar-refractivity contribution is 7.17. The Morgan fingerprint density at radius 2 is 1.87 bits per heavy atom. The molecule has 0 aromatic carbocycles. The highest BCUT2D eigenvalue weighted by Crippen LogP contribution is 2.40. The zero-order valence-electron chi connectivity index (χ0n) is 18.1. The molecule has 1 aromatic heterocycles. The summed E-state index contributed by atoms with van der Waals surface area (Å²) in [6.45, 7) is 3.96. The predicted octanol–water partition coefficient (Wildman–Crippen LogP) is 4.76. The fourth-order valence-electron chi connectivity index (χ4n) is 4.70. The molecule has 2 atom stereocenters. The molecule has 2 aliphatic carbocycles. The van der Waals surface area contributed by atoms with Gasteiger partial charge in [-0.3, -0.25) is 14.4 Å². The molecule has 7 heteroatoms. The zero-order chi connectivity index (χ0) is 21.7. The van der Waals surface area contributed by atoms with Gasteiger partial charge in [0.05, 0.1) is 5.56 Å². The van der Waals surface area contributed by atoms with Crippen LogP contribution in [-0.2, 0) is 22.4 Å². The minimum absolute atomic E-state index is 0.0401. The summed E-state index contributed by atoms with van der Waals surface area (Å²) in [6.07, 6.45) is 9.70. The van der Waals surface area contributed by atoms with Gasteiger partial charge in [0, 0.05) is 23.8 Å². The first-order valence-electron chi connectivity index (χ1n) is 11.3. The normalized spacial score (nSPS) is 20.3. The molecular weight excluding hydrogens is 400 g/mol. The maximum Gasteiger partial charge on any atom is 0.303 e. The summed E-state index contributed by atoms with van der Waals surface area (Å²) < 4.78 is 0. The van der Waals surface area contributed by atoms with Crippen molar-refractivity contribution in [3.05, 3.63) is 16.0 Å². The summed E-state index contributed by atoms with van der Waals surface area (Å²) >= 11 is 1.53. The molecule has 1 aromatic rings. The predicted molar refractivity (Wildman–Crippen MR) is 119 cm³/mol. The van der Waals surface area contributed by atoms with Crippen LogP contribution >= 0.6 is 11.3 Å². The van der Waals surface area contributed by atoms with Crippen LogP contribution in [0.5, 0.6) is 0 Å². The molecule has 6 nitrogen and oxygen atoms in total. The van der Waals surface area contributed by atoms with E-state index >= 15 is 0 Å². The van der Waals surface area contributed by atoms with Gasteiger partial charge in [-0.15, -0.1) is 11.3 Å². The number of carbonyl (C=O) groups is 3. The standard InChI is InChI=1S/C23H34N2O4S/c1-3-15-9-10-17-18(13-15)30-23(25-19(26)11-14(2)12-20(27)28)21(17)22(29)24-16-7-5-4-6-8-16/h14-16H,3-13H2,1-2H3,(H,24,29)(H,25,26)(H,27,28). The molecule has 3 rings (SSSR count). The Kier molecular flexibility index (Phi) is 7.92. The van der Waals surface area contributed by atoms with Crippen LogP contribution in [0.15, 0.2) is 0 Å². The Hall–Kier alpha value is -1.89. The number of aliphatic carboxylic acids is 1. The van der Waals surface area contributed by atoms with Crippen molar-refractivity contribution in [1.82, 2.24) is 5.32 Å². The molecule has 30 heavy (non-hydrogen) atoms. The van der Waals surface area contributed by atoms with E-state index in [1.165, 1.54) is 22.6 Å². The van der Waals surface area contributed by atoms with Crippen molar-refractivity contribution in [3.63, 3.8) is 0 Å².